The second-order valence-electron chi connectivity index (χ2n) is 7.76. The molecule has 1 aliphatic heterocycles. The number of aromatic amines is 1. The fourth-order valence-electron chi connectivity index (χ4n) is 4.38. The Labute approximate surface area is 149 Å². The summed E-state index contributed by atoms with van der Waals surface area (Å²) in [6.07, 6.45) is 13.0. The fraction of sp³-hybridized carbons (Fsp3) is 0.737. The number of hydrogen-bond acceptors (Lipinski definition) is 5. The van der Waals surface area contributed by atoms with E-state index < -0.39 is 0 Å². The second kappa shape index (κ2) is 8.13. The Balaban J connectivity index is 1.32. The Kier molecular flexibility index (Phi) is 5.45. The van der Waals surface area contributed by atoms with E-state index in [0.717, 1.165) is 37.8 Å². The minimum atomic E-state index is 0.517. The molecule has 1 aliphatic carbocycles. The van der Waals surface area contributed by atoms with Crippen molar-refractivity contribution in [2.24, 2.45) is 5.92 Å². The molecule has 2 aromatic rings. The molecule has 1 saturated heterocycles. The molecule has 2 fully saturated rings. The van der Waals surface area contributed by atoms with Gasteiger partial charge < -0.3 is 4.52 Å². The van der Waals surface area contributed by atoms with Crippen LogP contribution < -0.4 is 0 Å². The van der Waals surface area contributed by atoms with Crippen LogP contribution in [0.25, 0.3) is 0 Å². The molecule has 0 radical (unpaired) electrons. The van der Waals surface area contributed by atoms with Crippen molar-refractivity contribution in [1.29, 1.82) is 0 Å². The van der Waals surface area contributed by atoms with Crippen LogP contribution in [0.1, 0.15) is 74.7 Å². The maximum Gasteiger partial charge on any atom is 0.226 e. The molecule has 2 aliphatic rings. The van der Waals surface area contributed by atoms with E-state index in [-0.39, 0.29) is 0 Å². The van der Waals surface area contributed by atoms with Crippen molar-refractivity contribution in [1.82, 2.24) is 25.2 Å². The number of hydrogen-bond donors (Lipinski definition) is 1. The van der Waals surface area contributed by atoms with Crippen molar-refractivity contribution in [3.63, 3.8) is 0 Å². The van der Waals surface area contributed by atoms with Crippen LogP contribution in [-0.2, 0) is 13.0 Å². The third-order valence-electron chi connectivity index (χ3n) is 5.72. The number of aromatic nitrogens is 4. The van der Waals surface area contributed by atoms with Gasteiger partial charge in [0.2, 0.25) is 5.89 Å². The lowest BCUT2D eigenvalue weighted by atomic mass is 9.94. The average Bonchev–Trinajstić information content (AvgIpc) is 3.22. The quantitative estimate of drug-likeness (QED) is 0.839. The van der Waals surface area contributed by atoms with Crippen LogP contribution in [0.4, 0.5) is 0 Å². The van der Waals surface area contributed by atoms with Gasteiger partial charge in [0, 0.05) is 37.3 Å². The minimum absolute atomic E-state index is 0.517. The van der Waals surface area contributed by atoms with Crippen molar-refractivity contribution >= 4 is 0 Å². The Morgan fingerprint density at radius 2 is 2.00 bits per heavy atom. The molecule has 1 unspecified atom stereocenters. The summed E-state index contributed by atoms with van der Waals surface area (Å²) in [7, 11) is 0. The first-order valence-corrected chi connectivity index (χ1v) is 9.90. The van der Waals surface area contributed by atoms with Crippen LogP contribution >= 0.6 is 0 Å². The number of rotatable bonds is 5. The topological polar surface area (TPSA) is 70.8 Å². The van der Waals surface area contributed by atoms with Crippen LogP contribution in [0.15, 0.2) is 16.8 Å². The van der Waals surface area contributed by atoms with E-state index in [4.69, 9.17) is 9.51 Å². The second-order valence-corrected chi connectivity index (χ2v) is 7.76. The fourth-order valence-corrected chi connectivity index (χ4v) is 4.38. The third kappa shape index (κ3) is 4.48. The van der Waals surface area contributed by atoms with Crippen molar-refractivity contribution in [3.05, 3.63) is 29.7 Å². The van der Waals surface area contributed by atoms with Gasteiger partial charge in [-0.05, 0) is 44.2 Å². The smallest absolute Gasteiger partial charge is 0.226 e. The number of likely N-dealkylation sites (tertiary alicyclic amines) is 1. The summed E-state index contributed by atoms with van der Waals surface area (Å²) in [6.45, 7) is 3.21. The SMILES string of the molecule is c1cc(CN2CCCC(Cc3nc(C4CCCCCC4)no3)C2)[nH]n1. The normalized spacial score (nSPS) is 23.6. The highest BCUT2D eigenvalue weighted by Crippen LogP contribution is 2.30. The average molecular weight is 343 g/mol. The summed E-state index contributed by atoms with van der Waals surface area (Å²) in [5.74, 6) is 2.93. The van der Waals surface area contributed by atoms with Crippen molar-refractivity contribution < 1.29 is 4.52 Å². The zero-order chi connectivity index (χ0) is 16.9. The first-order chi connectivity index (χ1) is 12.4. The molecule has 0 amide bonds. The first-order valence-electron chi connectivity index (χ1n) is 9.90. The van der Waals surface area contributed by atoms with Gasteiger partial charge in [-0.3, -0.25) is 10.00 Å². The van der Waals surface area contributed by atoms with Gasteiger partial charge in [0.15, 0.2) is 5.82 Å². The van der Waals surface area contributed by atoms with E-state index in [2.05, 4.69) is 26.3 Å². The molecule has 136 valence electrons. The molecule has 0 aromatic carbocycles. The lowest BCUT2D eigenvalue weighted by molar-refractivity contribution is 0.159. The number of nitrogens with one attached hydrogen (secondary N) is 1. The monoisotopic (exact) mass is 343 g/mol. The molecule has 3 heterocycles. The third-order valence-corrected chi connectivity index (χ3v) is 5.72. The molecule has 2 aromatic heterocycles. The van der Waals surface area contributed by atoms with E-state index in [1.807, 2.05) is 6.20 Å². The molecule has 1 N–H and O–H groups in total. The Hall–Kier alpha value is -1.69. The molecular formula is C19H29N5O. The molecule has 0 bridgehead atoms. The molecule has 1 saturated carbocycles. The zero-order valence-corrected chi connectivity index (χ0v) is 15.0. The van der Waals surface area contributed by atoms with Gasteiger partial charge in [0.1, 0.15) is 0 Å². The van der Waals surface area contributed by atoms with E-state index in [0.29, 0.717) is 11.8 Å². The van der Waals surface area contributed by atoms with Gasteiger partial charge in [0.25, 0.3) is 0 Å². The van der Waals surface area contributed by atoms with Gasteiger partial charge in [-0.1, -0.05) is 30.8 Å². The first kappa shape index (κ1) is 16.8. The van der Waals surface area contributed by atoms with E-state index in [9.17, 15) is 0 Å². The Morgan fingerprint density at radius 3 is 2.80 bits per heavy atom. The van der Waals surface area contributed by atoms with Gasteiger partial charge in [-0.25, -0.2) is 0 Å². The molecule has 1 atom stereocenters. The Bertz CT molecular complexity index is 630. The van der Waals surface area contributed by atoms with Crippen LogP contribution in [0.5, 0.6) is 0 Å². The number of nitrogens with zero attached hydrogens (tertiary/aromatic N) is 4. The molecule has 4 rings (SSSR count). The van der Waals surface area contributed by atoms with E-state index in [1.165, 1.54) is 57.1 Å². The van der Waals surface area contributed by atoms with E-state index >= 15 is 0 Å². The molecule has 0 spiro atoms. The largest absolute Gasteiger partial charge is 0.339 e. The minimum Gasteiger partial charge on any atom is -0.339 e. The summed E-state index contributed by atoms with van der Waals surface area (Å²) in [5, 5.41) is 11.4. The van der Waals surface area contributed by atoms with Crippen molar-refractivity contribution in [2.75, 3.05) is 13.1 Å². The highest BCUT2D eigenvalue weighted by molar-refractivity contribution is 4.99. The lowest BCUT2D eigenvalue weighted by Crippen LogP contribution is -2.35. The zero-order valence-electron chi connectivity index (χ0n) is 15.0. The number of H-pyrrole nitrogens is 1. The molecule has 6 nitrogen and oxygen atoms in total. The maximum absolute atomic E-state index is 5.61. The van der Waals surface area contributed by atoms with Gasteiger partial charge in [-0.2, -0.15) is 10.1 Å². The lowest BCUT2D eigenvalue weighted by Gasteiger charge is -2.31. The molecule has 6 heteroatoms. The molecular weight excluding hydrogens is 314 g/mol. The Morgan fingerprint density at radius 1 is 1.12 bits per heavy atom. The van der Waals surface area contributed by atoms with Gasteiger partial charge in [0.05, 0.1) is 0 Å². The van der Waals surface area contributed by atoms with Gasteiger partial charge in [-0.15, -0.1) is 0 Å². The molecule has 25 heavy (non-hydrogen) atoms. The predicted molar refractivity (Wildman–Crippen MR) is 95.0 cm³/mol. The standard InChI is InChI=1S/C19H29N5O/c1-2-4-8-16(7-3-1)19-21-18(25-23-19)12-15-6-5-11-24(13-15)14-17-9-10-20-22-17/h9-10,15-16H,1-8,11-14H2,(H,20,22). The van der Waals surface area contributed by atoms with Gasteiger partial charge >= 0.3 is 0 Å². The van der Waals surface area contributed by atoms with Crippen molar-refractivity contribution in [3.8, 4) is 0 Å². The summed E-state index contributed by atoms with van der Waals surface area (Å²) in [4.78, 5) is 7.26. The van der Waals surface area contributed by atoms with Crippen LogP contribution in [-0.4, -0.2) is 38.3 Å². The predicted octanol–water partition coefficient (Wildman–Crippen LogP) is 3.69. The number of piperidine rings is 1. The summed E-state index contributed by atoms with van der Waals surface area (Å²) in [5.41, 5.74) is 1.19. The highest BCUT2D eigenvalue weighted by Gasteiger charge is 2.24. The summed E-state index contributed by atoms with van der Waals surface area (Å²) in [6, 6.07) is 2.06. The highest BCUT2D eigenvalue weighted by atomic mass is 16.5. The maximum atomic E-state index is 5.61. The summed E-state index contributed by atoms with van der Waals surface area (Å²) >= 11 is 0. The summed E-state index contributed by atoms with van der Waals surface area (Å²) < 4.78 is 5.61. The van der Waals surface area contributed by atoms with Crippen LogP contribution in [0.2, 0.25) is 0 Å². The van der Waals surface area contributed by atoms with Crippen molar-refractivity contribution in [2.45, 2.75) is 70.3 Å². The van der Waals surface area contributed by atoms with Crippen LogP contribution in [0.3, 0.4) is 0 Å². The van der Waals surface area contributed by atoms with Crippen LogP contribution in [0, 0.1) is 5.92 Å². The van der Waals surface area contributed by atoms with E-state index in [1.54, 1.807) is 0 Å².